The molecule has 70 valence electrons. The van der Waals surface area contributed by atoms with Crippen molar-refractivity contribution in [3.63, 3.8) is 0 Å². The van der Waals surface area contributed by atoms with Crippen molar-refractivity contribution >= 4 is 12.4 Å². The lowest BCUT2D eigenvalue weighted by Crippen LogP contribution is -2.37. The summed E-state index contributed by atoms with van der Waals surface area (Å²) in [6.45, 7) is 0. The van der Waals surface area contributed by atoms with Crippen molar-refractivity contribution in [3.8, 4) is 0 Å². The van der Waals surface area contributed by atoms with Crippen LogP contribution >= 0.6 is 0 Å². The largest absolute Gasteiger partial charge is 0.480 e. The van der Waals surface area contributed by atoms with Gasteiger partial charge >= 0.3 is 5.97 Å². The summed E-state index contributed by atoms with van der Waals surface area (Å²) in [4.78, 5) is 23.5. The van der Waals surface area contributed by atoms with Crippen LogP contribution in [0.2, 0.25) is 0 Å². The van der Waals surface area contributed by atoms with E-state index in [1.807, 2.05) is 0 Å². The number of carboxylic acids is 1. The zero-order valence-electron chi connectivity index (χ0n) is 6.86. The molecule has 1 amide bonds. The van der Waals surface area contributed by atoms with Gasteiger partial charge < -0.3 is 15.4 Å². The smallest absolute Gasteiger partial charge is 0.326 e. The summed E-state index contributed by atoms with van der Waals surface area (Å²) in [6.07, 6.45) is 2.36. The lowest BCUT2D eigenvalue weighted by Gasteiger charge is -2.08. The number of carbonyl (C=O) groups is 2. The molecule has 1 unspecified atom stereocenters. The molecule has 5 nitrogen and oxygen atoms in total. The Morgan fingerprint density at radius 1 is 1.77 bits per heavy atom. The van der Waals surface area contributed by atoms with Crippen molar-refractivity contribution in [2.45, 2.75) is 12.5 Å². The highest BCUT2D eigenvalue weighted by Gasteiger charge is 2.16. The number of rotatable bonds is 5. The van der Waals surface area contributed by atoms with E-state index >= 15 is 0 Å². The van der Waals surface area contributed by atoms with E-state index in [0.29, 0.717) is 6.41 Å². The maximum Gasteiger partial charge on any atom is 0.326 e. The van der Waals surface area contributed by atoms with Crippen molar-refractivity contribution in [1.82, 2.24) is 10.3 Å². The van der Waals surface area contributed by atoms with Gasteiger partial charge in [-0.3, -0.25) is 4.79 Å². The number of hydrogen-bond acceptors (Lipinski definition) is 2. The summed E-state index contributed by atoms with van der Waals surface area (Å²) < 4.78 is 0. The predicted molar refractivity (Wildman–Crippen MR) is 45.1 cm³/mol. The van der Waals surface area contributed by atoms with Crippen LogP contribution in [-0.4, -0.2) is 28.5 Å². The summed E-state index contributed by atoms with van der Waals surface area (Å²) in [5.41, 5.74) is 0.779. The Kier molecular flexibility index (Phi) is 3.08. The maximum atomic E-state index is 10.6. The fourth-order valence-corrected chi connectivity index (χ4v) is 1.01. The highest BCUT2D eigenvalue weighted by atomic mass is 16.4. The van der Waals surface area contributed by atoms with Gasteiger partial charge in [0.2, 0.25) is 6.41 Å². The van der Waals surface area contributed by atoms with Crippen LogP contribution in [0, 0.1) is 0 Å². The molecule has 1 aromatic heterocycles. The summed E-state index contributed by atoms with van der Waals surface area (Å²) in [7, 11) is 0. The Labute approximate surface area is 74.8 Å². The summed E-state index contributed by atoms with van der Waals surface area (Å²) in [6, 6.07) is 2.67. The molecule has 0 bridgehead atoms. The van der Waals surface area contributed by atoms with Gasteiger partial charge in [0.25, 0.3) is 0 Å². The summed E-state index contributed by atoms with van der Waals surface area (Å²) >= 11 is 0. The molecule has 0 fully saturated rings. The minimum absolute atomic E-state index is 0.265. The number of aromatic nitrogens is 1. The monoisotopic (exact) mass is 182 g/mol. The maximum absolute atomic E-state index is 10.6. The third-order valence-corrected chi connectivity index (χ3v) is 1.65. The van der Waals surface area contributed by atoms with Gasteiger partial charge in [-0.15, -0.1) is 0 Å². The van der Waals surface area contributed by atoms with E-state index < -0.39 is 12.0 Å². The number of amides is 1. The summed E-state index contributed by atoms with van der Waals surface area (Å²) in [5, 5.41) is 10.9. The van der Waals surface area contributed by atoms with E-state index in [-0.39, 0.29) is 6.42 Å². The molecule has 0 saturated carbocycles. The standard InChI is InChI=1S/C8H10N2O3/c11-5-10-7(8(12)13)4-6-2-1-3-9-6/h1-3,5,7,9H,4H2,(H,10,11)(H,12,13). The third kappa shape index (κ3) is 2.62. The van der Waals surface area contributed by atoms with Crippen molar-refractivity contribution in [2.24, 2.45) is 0 Å². The Bertz CT molecular complexity index is 282. The van der Waals surface area contributed by atoms with Crippen LogP contribution in [-0.2, 0) is 16.0 Å². The van der Waals surface area contributed by atoms with Crippen LogP contribution in [0.3, 0.4) is 0 Å². The van der Waals surface area contributed by atoms with Crippen molar-refractivity contribution in [1.29, 1.82) is 0 Å². The third-order valence-electron chi connectivity index (χ3n) is 1.65. The number of H-pyrrole nitrogens is 1. The van der Waals surface area contributed by atoms with Crippen molar-refractivity contribution in [3.05, 3.63) is 24.0 Å². The number of aromatic amines is 1. The predicted octanol–water partition coefficient (Wildman–Crippen LogP) is -0.244. The van der Waals surface area contributed by atoms with E-state index in [0.717, 1.165) is 5.69 Å². The fourth-order valence-electron chi connectivity index (χ4n) is 1.01. The first-order valence-corrected chi connectivity index (χ1v) is 3.79. The second-order valence-electron chi connectivity index (χ2n) is 2.57. The highest BCUT2D eigenvalue weighted by molar-refractivity contribution is 5.76. The van der Waals surface area contributed by atoms with E-state index in [4.69, 9.17) is 5.11 Å². The zero-order chi connectivity index (χ0) is 9.68. The van der Waals surface area contributed by atoms with Crippen molar-refractivity contribution in [2.75, 3.05) is 0 Å². The zero-order valence-corrected chi connectivity index (χ0v) is 6.86. The van der Waals surface area contributed by atoms with Gasteiger partial charge in [-0.2, -0.15) is 0 Å². The summed E-state index contributed by atoms with van der Waals surface area (Å²) in [5.74, 6) is -1.04. The minimum atomic E-state index is -1.04. The number of carboxylic acid groups (broad SMARTS) is 1. The van der Waals surface area contributed by atoms with E-state index in [1.165, 1.54) is 0 Å². The topological polar surface area (TPSA) is 82.2 Å². The van der Waals surface area contributed by atoms with Crippen LogP contribution in [0.1, 0.15) is 5.69 Å². The quantitative estimate of drug-likeness (QED) is 0.549. The molecule has 1 heterocycles. The van der Waals surface area contributed by atoms with E-state index in [9.17, 15) is 9.59 Å². The van der Waals surface area contributed by atoms with Gasteiger partial charge in [0, 0.05) is 18.3 Å². The molecule has 13 heavy (non-hydrogen) atoms. The molecule has 1 rings (SSSR count). The first-order chi connectivity index (χ1) is 6.24. The second-order valence-corrected chi connectivity index (χ2v) is 2.57. The van der Waals surface area contributed by atoms with Crippen LogP contribution in [0.4, 0.5) is 0 Å². The molecule has 0 saturated heterocycles. The van der Waals surface area contributed by atoms with Crippen LogP contribution in [0.25, 0.3) is 0 Å². The van der Waals surface area contributed by atoms with Gasteiger partial charge in [-0.25, -0.2) is 4.79 Å². The van der Waals surface area contributed by atoms with Gasteiger partial charge in [0.05, 0.1) is 0 Å². The first-order valence-electron chi connectivity index (χ1n) is 3.79. The van der Waals surface area contributed by atoms with Crippen LogP contribution < -0.4 is 5.32 Å². The van der Waals surface area contributed by atoms with Gasteiger partial charge in [0.15, 0.2) is 0 Å². The second kappa shape index (κ2) is 4.30. The molecule has 3 N–H and O–H groups in total. The average Bonchev–Trinajstić information content (AvgIpc) is 2.56. The van der Waals surface area contributed by atoms with Crippen molar-refractivity contribution < 1.29 is 14.7 Å². The molecule has 0 radical (unpaired) electrons. The van der Waals surface area contributed by atoms with Gasteiger partial charge in [0.1, 0.15) is 6.04 Å². The first kappa shape index (κ1) is 9.31. The average molecular weight is 182 g/mol. The minimum Gasteiger partial charge on any atom is -0.480 e. The molecule has 5 heteroatoms. The Morgan fingerprint density at radius 3 is 3.00 bits per heavy atom. The lowest BCUT2D eigenvalue weighted by atomic mass is 10.1. The molecule has 0 aliphatic carbocycles. The molecular formula is C8H10N2O3. The Morgan fingerprint density at radius 2 is 2.54 bits per heavy atom. The molecule has 0 aliphatic heterocycles. The molecule has 0 spiro atoms. The SMILES string of the molecule is O=CNC(Cc1ccc[nH]1)C(=O)O. The van der Waals surface area contributed by atoms with Crippen LogP contribution in [0.5, 0.6) is 0 Å². The fraction of sp³-hybridized carbons (Fsp3) is 0.250. The molecule has 0 aromatic carbocycles. The lowest BCUT2D eigenvalue weighted by molar-refractivity contribution is -0.140. The van der Waals surface area contributed by atoms with Crippen LogP contribution in [0.15, 0.2) is 18.3 Å². The Hall–Kier alpha value is -1.78. The van der Waals surface area contributed by atoms with E-state index in [1.54, 1.807) is 18.3 Å². The highest BCUT2D eigenvalue weighted by Crippen LogP contribution is 1.99. The molecule has 1 atom stereocenters. The van der Waals surface area contributed by atoms with E-state index in [2.05, 4.69) is 10.3 Å². The molecule has 1 aromatic rings. The number of aliphatic carboxylic acids is 1. The number of hydrogen-bond donors (Lipinski definition) is 3. The number of nitrogens with one attached hydrogen (secondary N) is 2. The molecule has 0 aliphatic rings. The number of carbonyl (C=O) groups excluding carboxylic acids is 1. The van der Waals surface area contributed by atoms with Gasteiger partial charge in [-0.05, 0) is 12.1 Å². The normalized spacial score (nSPS) is 12.0. The van der Waals surface area contributed by atoms with Gasteiger partial charge in [-0.1, -0.05) is 0 Å². The Balaban J connectivity index is 2.57. The molecular weight excluding hydrogens is 172 g/mol.